The van der Waals surface area contributed by atoms with Gasteiger partial charge in [0.05, 0.1) is 6.07 Å². The SMILES string of the molecule is CC[SH]=CSC(C)(C#N)CCC(=O)O. The molecule has 0 heterocycles. The van der Waals surface area contributed by atoms with Gasteiger partial charge in [-0.05, 0) is 23.8 Å². The maximum atomic E-state index is 10.4. The Morgan fingerprint density at radius 1 is 1.79 bits per heavy atom. The van der Waals surface area contributed by atoms with Crippen LogP contribution in [-0.2, 0) is 4.79 Å². The maximum Gasteiger partial charge on any atom is 0.303 e. The van der Waals surface area contributed by atoms with Crippen molar-refractivity contribution in [3.63, 3.8) is 0 Å². The van der Waals surface area contributed by atoms with E-state index in [4.69, 9.17) is 10.4 Å². The Morgan fingerprint density at radius 3 is 2.86 bits per heavy atom. The van der Waals surface area contributed by atoms with E-state index < -0.39 is 10.7 Å². The third-order valence-electron chi connectivity index (χ3n) is 1.62. The van der Waals surface area contributed by atoms with Crippen molar-refractivity contribution in [2.75, 3.05) is 5.75 Å². The lowest BCUT2D eigenvalue weighted by Crippen LogP contribution is -2.18. The number of carboxylic acid groups (broad SMARTS) is 1. The first kappa shape index (κ1) is 13.5. The van der Waals surface area contributed by atoms with Crippen molar-refractivity contribution in [1.29, 1.82) is 5.26 Å². The Hall–Kier alpha value is -0.470. The number of nitrogens with zero attached hydrogens (tertiary/aromatic N) is 1. The average Bonchev–Trinajstić information content (AvgIpc) is 2.15. The zero-order chi connectivity index (χ0) is 11.0. The molecule has 0 aliphatic carbocycles. The molecule has 0 saturated heterocycles. The van der Waals surface area contributed by atoms with Crippen LogP contribution in [0.2, 0.25) is 0 Å². The van der Waals surface area contributed by atoms with Gasteiger partial charge in [-0.15, -0.1) is 11.8 Å². The summed E-state index contributed by atoms with van der Waals surface area (Å²) in [5.41, 5.74) is 0. The normalized spacial score (nSPS) is 15.5. The number of rotatable bonds is 6. The van der Waals surface area contributed by atoms with Gasteiger partial charge in [0.15, 0.2) is 0 Å². The van der Waals surface area contributed by atoms with Crippen LogP contribution in [-0.4, -0.2) is 26.3 Å². The summed E-state index contributed by atoms with van der Waals surface area (Å²) in [4.78, 5) is 10.4. The zero-order valence-corrected chi connectivity index (χ0v) is 10.1. The molecule has 14 heavy (non-hydrogen) atoms. The minimum atomic E-state index is -0.847. The molecule has 0 bridgehead atoms. The second kappa shape index (κ2) is 6.91. The highest BCUT2D eigenvalue weighted by Gasteiger charge is 2.24. The van der Waals surface area contributed by atoms with Crippen LogP contribution >= 0.6 is 23.1 Å². The van der Waals surface area contributed by atoms with Crippen LogP contribution in [0.1, 0.15) is 26.7 Å². The minimum Gasteiger partial charge on any atom is -0.481 e. The first-order chi connectivity index (χ1) is 6.54. The van der Waals surface area contributed by atoms with Crippen molar-refractivity contribution in [1.82, 2.24) is 0 Å². The van der Waals surface area contributed by atoms with E-state index in [9.17, 15) is 4.79 Å². The lowest BCUT2D eigenvalue weighted by Gasteiger charge is -2.17. The van der Waals surface area contributed by atoms with E-state index in [1.165, 1.54) is 23.1 Å². The number of carbonyl (C=O) groups is 1. The molecule has 1 N–H and O–H groups in total. The van der Waals surface area contributed by atoms with Crippen LogP contribution < -0.4 is 0 Å². The summed E-state index contributed by atoms with van der Waals surface area (Å²) < 4.78 is 1.37. The van der Waals surface area contributed by atoms with Crippen molar-refractivity contribution in [2.24, 2.45) is 0 Å². The highest BCUT2D eigenvalue weighted by Crippen LogP contribution is 2.28. The summed E-state index contributed by atoms with van der Waals surface area (Å²) in [5, 5.41) is 17.4. The third-order valence-corrected chi connectivity index (χ3v) is 3.82. The molecule has 0 radical (unpaired) electrons. The molecule has 3 nitrogen and oxygen atoms in total. The summed E-state index contributed by atoms with van der Waals surface area (Å²) in [7, 11) is 0. The molecular weight excluding hydrogens is 218 g/mol. The number of carboxylic acids is 1. The summed E-state index contributed by atoms with van der Waals surface area (Å²) in [6, 6.07) is 2.16. The topological polar surface area (TPSA) is 61.1 Å². The fourth-order valence-corrected chi connectivity index (χ4v) is 2.81. The molecule has 0 aromatic rings. The fourth-order valence-electron chi connectivity index (χ4n) is 0.715. The van der Waals surface area contributed by atoms with Gasteiger partial charge in [-0.3, -0.25) is 4.79 Å². The molecule has 0 aromatic heterocycles. The quantitative estimate of drug-likeness (QED) is 0.545. The molecule has 0 aliphatic heterocycles. The molecule has 0 spiro atoms. The van der Waals surface area contributed by atoms with Gasteiger partial charge >= 0.3 is 5.97 Å². The van der Waals surface area contributed by atoms with E-state index in [0.29, 0.717) is 6.42 Å². The van der Waals surface area contributed by atoms with Crippen molar-refractivity contribution in [3.05, 3.63) is 0 Å². The molecule has 0 amide bonds. The summed E-state index contributed by atoms with van der Waals surface area (Å²) in [6.45, 7) is 3.84. The van der Waals surface area contributed by atoms with Crippen LogP contribution in [0, 0.1) is 11.3 Å². The van der Waals surface area contributed by atoms with E-state index in [1.54, 1.807) is 6.92 Å². The monoisotopic (exact) mass is 233 g/mol. The number of thioether (sulfide) groups is 1. The number of aliphatic carboxylic acids is 1. The van der Waals surface area contributed by atoms with Crippen molar-refractivity contribution in [3.8, 4) is 6.07 Å². The van der Waals surface area contributed by atoms with Gasteiger partial charge in [-0.2, -0.15) is 16.6 Å². The molecule has 0 aliphatic rings. The van der Waals surface area contributed by atoms with E-state index in [-0.39, 0.29) is 6.42 Å². The van der Waals surface area contributed by atoms with Crippen molar-refractivity contribution < 1.29 is 9.90 Å². The van der Waals surface area contributed by atoms with Crippen LogP contribution in [0.5, 0.6) is 0 Å². The molecule has 0 fully saturated rings. The van der Waals surface area contributed by atoms with Gasteiger partial charge in [-0.1, -0.05) is 6.92 Å². The molecular formula is C9H15NO2S2. The molecule has 0 saturated carbocycles. The van der Waals surface area contributed by atoms with Crippen LogP contribution in [0.4, 0.5) is 0 Å². The van der Waals surface area contributed by atoms with Gasteiger partial charge in [0.1, 0.15) is 4.75 Å². The first-order valence-corrected chi connectivity index (χ1v) is 6.36. The smallest absolute Gasteiger partial charge is 0.303 e. The van der Waals surface area contributed by atoms with Gasteiger partial charge in [0.2, 0.25) is 0 Å². The number of nitriles is 1. The lowest BCUT2D eigenvalue weighted by atomic mass is 10.1. The van der Waals surface area contributed by atoms with Gasteiger partial charge in [-0.25, -0.2) is 0 Å². The zero-order valence-electron chi connectivity index (χ0n) is 8.36. The van der Waals surface area contributed by atoms with Gasteiger partial charge in [0, 0.05) is 6.42 Å². The Morgan fingerprint density at radius 2 is 2.43 bits per heavy atom. The highest BCUT2D eigenvalue weighted by molar-refractivity contribution is 8.25. The summed E-state index contributed by atoms with van der Waals surface area (Å²) >= 11 is 2.61. The molecule has 80 valence electrons. The van der Waals surface area contributed by atoms with Crippen molar-refractivity contribution >= 4 is 33.8 Å². The predicted molar refractivity (Wildman–Crippen MR) is 64.1 cm³/mol. The van der Waals surface area contributed by atoms with E-state index in [2.05, 4.69) is 13.0 Å². The molecule has 1 atom stereocenters. The standard InChI is InChI=1S/C9H15NO2S2/c1-3-13-7-14-9(2,6-10)5-4-8(11)12/h7,13H,3-5H2,1-2H3,(H,11,12). The van der Waals surface area contributed by atoms with E-state index >= 15 is 0 Å². The molecule has 5 heteroatoms. The Labute approximate surface area is 92.5 Å². The number of thiol groups is 1. The summed E-state index contributed by atoms with van der Waals surface area (Å²) in [5.74, 6) is 0.174. The van der Waals surface area contributed by atoms with Gasteiger partial charge < -0.3 is 5.11 Å². The van der Waals surface area contributed by atoms with Crippen LogP contribution in [0.25, 0.3) is 0 Å². The lowest BCUT2D eigenvalue weighted by molar-refractivity contribution is -0.137. The largest absolute Gasteiger partial charge is 0.481 e. The van der Waals surface area contributed by atoms with E-state index in [1.807, 2.05) is 4.70 Å². The van der Waals surface area contributed by atoms with Gasteiger partial charge in [0.25, 0.3) is 0 Å². The van der Waals surface area contributed by atoms with Crippen LogP contribution in [0.3, 0.4) is 0 Å². The second-order valence-corrected chi connectivity index (χ2v) is 5.94. The first-order valence-electron chi connectivity index (χ1n) is 4.33. The minimum absolute atomic E-state index is 0.0495. The Kier molecular flexibility index (Phi) is 6.67. The Bertz CT molecular complexity index is 260. The molecule has 0 aromatic carbocycles. The average molecular weight is 233 g/mol. The summed E-state index contributed by atoms with van der Waals surface area (Å²) in [6.07, 6.45) is 0.438. The van der Waals surface area contributed by atoms with Crippen molar-refractivity contribution in [2.45, 2.75) is 31.4 Å². The third kappa shape index (κ3) is 6.06. The van der Waals surface area contributed by atoms with E-state index in [0.717, 1.165) is 5.75 Å². The maximum absolute atomic E-state index is 10.4. The number of hydrogen-bond donors (Lipinski definition) is 2. The second-order valence-electron chi connectivity index (χ2n) is 2.96. The molecule has 1 unspecified atom stereocenters. The highest BCUT2D eigenvalue weighted by atomic mass is 32.2. The molecule has 0 rings (SSSR count). The van der Waals surface area contributed by atoms with Crippen LogP contribution in [0.15, 0.2) is 0 Å². The Balaban J connectivity index is 4.12. The fraction of sp³-hybridized carbons (Fsp3) is 0.667. The number of hydrogen-bond acceptors (Lipinski definition) is 3. The predicted octanol–water partition coefficient (Wildman–Crippen LogP) is 2.11.